The molecule has 1 fully saturated rings. The van der Waals surface area contributed by atoms with E-state index >= 15 is 0 Å². The van der Waals surface area contributed by atoms with E-state index in [0.717, 1.165) is 58.5 Å². The highest BCUT2D eigenvalue weighted by atomic mass is 19.1. The van der Waals surface area contributed by atoms with Gasteiger partial charge in [-0.05, 0) is 74.2 Å². The summed E-state index contributed by atoms with van der Waals surface area (Å²) in [7, 11) is 3.34. The first-order chi connectivity index (χ1) is 27.2. The molecule has 294 valence electrons. The second-order valence-corrected chi connectivity index (χ2v) is 13.4. The number of ether oxygens (including phenoxy) is 3. The molecule has 0 saturated carbocycles. The lowest BCUT2D eigenvalue weighted by Crippen LogP contribution is -2.41. The van der Waals surface area contributed by atoms with Gasteiger partial charge in [0, 0.05) is 69.3 Å². The number of nitrogens with zero attached hydrogens (tertiary/aromatic N) is 7. The van der Waals surface area contributed by atoms with Crippen LogP contribution in [0.3, 0.4) is 0 Å². The average Bonchev–Trinajstić information content (AvgIpc) is 3.99. The van der Waals surface area contributed by atoms with Gasteiger partial charge in [0.25, 0.3) is 0 Å². The number of H-pyrrole nitrogens is 1. The number of anilines is 1. The van der Waals surface area contributed by atoms with Crippen LogP contribution in [0.4, 0.5) is 10.1 Å². The molecule has 5 aromatic rings. The van der Waals surface area contributed by atoms with Crippen LogP contribution < -0.4 is 10.1 Å². The summed E-state index contributed by atoms with van der Waals surface area (Å²) in [5, 5.41) is 15.2. The first kappa shape index (κ1) is 41.2. The molecule has 1 saturated heterocycles. The summed E-state index contributed by atoms with van der Waals surface area (Å²) in [5.74, 6) is 0.723. The number of rotatable bonds is 13. The van der Waals surface area contributed by atoms with Gasteiger partial charge >= 0.3 is 0 Å². The summed E-state index contributed by atoms with van der Waals surface area (Å²) < 4.78 is 32.4. The quantitative estimate of drug-likeness (QED) is 0.119. The number of pyridine rings is 1. The molecular weight excluding hydrogens is 718 g/mol. The van der Waals surface area contributed by atoms with E-state index in [1.165, 1.54) is 6.07 Å². The van der Waals surface area contributed by atoms with Crippen molar-refractivity contribution in [3.05, 3.63) is 78.5 Å². The van der Waals surface area contributed by atoms with Crippen molar-refractivity contribution in [1.29, 1.82) is 0 Å². The number of aromatic amines is 1. The van der Waals surface area contributed by atoms with E-state index in [9.17, 15) is 14.0 Å². The normalized spacial score (nSPS) is 15.4. The van der Waals surface area contributed by atoms with Gasteiger partial charge in [0.2, 0.25) is 18.2 Å². The molecule has 3 aromatic heterocycles. The summed E-state index contributed by atoms with van der Waals surface area (Å²) in [4.78, 5) is 35.7. The number of carbonyl (C=O) groups is 2. The summed E-state index contributed by atoms with van der Waals surface area (Å²) >= 11 is 0. The number of methoxy groups -OCH3 is 2. The standard InChI is InChI=1S/C23H30FN5O3.C16H16N4O2.C2H2/c1-31-12-11-29-16-25-23(26-29)20-4-3-18(13-21(20)24)17-5-9-28(10-6-17)22(30)15-27-8-7-19(14-27)32-2;1-10(2)22-15-6-3-11(8-17-15)16-13-7-12(18-9-21)4-5-14(13)19-20-16;1-2/h3-5,13,16,19H,6-12,14-15H2,1-2H3;3-10H,1-2H3,(H,18,21)(H,19,20);1-2H/t19-;;/m0../s1. The molecule has 2 aromatic carbocycles. The highest BCUT2D eigenvalue weighted by molar-refractivity contribution is 5.95. The molecule has 0 spiro atoms. The fourth-order valence-electron chi connectivity index (χ4n) is 6.41. The SMILES string of the molecule is C#C.CC(C)Oc1ccc(-c2n[nH]c3ccc(NC=O)cc23)cn1.COCCn1cnc(-c2ccc(C3=CCN(C(=O)CN4CC[C@H](OC)C4)CC3)cc2F)n1. The van der Waals surface area contributed by atoms with Crippen LogP contribution in [0, 0.1) is 18.7 Å². The number of nitrogens with one attached hydrogen (secondary N) is 2. The lowest BCUT2D eigenvalue weighted by atomic mass is 9.98. The monoisotopic (exact) mass is 765 g/mol. The van der Waals surface area contributed by atoms with Crippen LogP contribution in [-0.2, 0) is 25.6 Å². The average molecular weight is 766 g/mol. The molecule has 1 atom stereocenters. The van der Waals surface area contributed by atoms with Gasteiger partial charge in [-0.3, -0.25) is 24.3 Å². The minimum Gasteiger partial charge on any atom is -0.475 e. The molecule has 2 N–H and O–H groups in total. The van der Waals surface area contributed by atoms with Crippen LogP contribution in [0.1, 0.15) is 32.3 Å². The van der Waals surface area contributed by atoms with E-state index in [1.807, 2.05) is 61.2 Å². The Morgan fingerprint density at radius 2 is 1.91 bits per heavy atom. The molecule has 2 amide bonds. The number of hydrogen-bond donors (Lipinski definition) is 2. The number of benzene rings is 2. The zero-order valence-corrected chi connectivity index (χ0v) is 32.2. The number of terminal acetylenes is 1. The molecular formula is C41H48FN9O5. The Labute approximate surface area is 326 Å². The number of halogens is 1. The number of fused-ring (bicyclic) bond motifs is 1. The van der Waals surface area contributed by atoms with Crippen LogP contribution >= 0.6 is 0 Å². The topological polar surface area (TPSA) is 153 Å². The van der Waals surface area contributed by atoms with Gasteiger partial charge in [0.15, 0.2) is 5.82 Å². The van der Waals surface area contributed by atoms with Gasteiger partial charge in [-0.1, -0.05) is 12.1 Å². The van der Waals surface area contributed by atoms with Crippen molar-refractivity contribution in [2.24, 2.45) is 0 Å². The van der Waals surface area contributed by atoms with Crippen LogP contribution in [0.5, 0.6) is 5.88 Å². The molecule has 15 heteroatoms. The van der Waals surface area contributed by atoms with Crippen molar-refractivity contribution < 1.29 is 28.2 Å². The minimum atomic E-state index is -0.354. The van der Waals surface area contributed by atoms with Crippen LogP contribution in [0.2, 0.25) is 0 Å². The zero-order chi connectivity index (χ0) is 40.0. The van der Waals surface area contributed by atoms with Gasteiger partial charge in [-0.15, -0.1) is 12.8 Å². The third-order valence-corrected chi connectivity index (χ3v) is 9.28. The summed E-state index contributed by atoms with van der Waals surface area (Å²) in [6.45, 7) is 8.31. The molecule has 0 unspecified atom stereocenters. The van der Waals surface area contributed by atoms with Crippen molar-refractivity contribution in [3.63, 3.8) is 0 Å². The first-order valence-corrected chi connectivity index (χ1v) is 18.3. The van der Waals surface area contributed by atoms with Crippen LogP contribution in [0.25, 0.3) is 39.1 Å². The van der Waals surface area contributed by atoms with E-state index in [4.69, 9.17) is 14.2 Å². The maximum atomic E-state index is 14.8. The molecule has 56 heavy (non-hydrogen) atoms. The zero-order valence-electron chi connectivity index (χ0n) is 32.2. The van der Waals surface area contributed by atoms with Gasteiger partial charge in [0.1, 0.15) is 17.8 Å². The predicted octanol–water partition coefficient (Wildman–Crippen LogP) is 5.30. The molecule has 14 nitrogen and oxygen atoms in total. The van der Waals surface area contributed by atoms with E-state index in [2.05, 4.69) is 48.3 Å². The molecule has 7 rings (SSSR count). The second-order valence-electron chi connectivity index (χ2n) is 13.4. The third-order valence-electron chi connectivity index (χ3n) is 9.28. The number of aromatic nitrogens is 6. The predicted molar refractivity (Wildman–Crippen MR) is 213 cm³/mol. The Morgan fingerprint density at radius 1 is 1.09 bits per heavy atom. The Balaban J connectivity index is 0.000000218. The Kier molecular flexibility index (Phi) is 14.8. The largest absolute Gasteiger partial charge is 0.475 e. The Hall–Kier alpha value is -5.95. The highest BCUT2D eigenvalue weighted by Crippen LogP contribution is 2.30. The number of hydrogen-bond acceptors (Lipinski definition) is 10. The first-order valence-electron chi connectivity index (χ1n) is 18.3. The van der Waals surface area contributed by atoms with E-state index in [-0.39, 0.29) is 23.9 Å². The minimum absolute atomic E-state index is 0.0848. The van der Waals surface area contributed by atoms with Gasteiger partial charge in [0.05, 0.1) is 43.0 Å². The smallest absolute Gasteiger partial charge is 0.237 e. The van der Waals surface area contributed by atoms with Crippen molar-refractivity contribution >= 4 is 34.5 Å². The highest BCUT2D eigenvalue weighted by Gasteiger charge is 2.26. The van der Waals surface area contributed by atoms with E-state index in [1.54, 1.807) is 37.5 Å². The number of likely N-dealkylation sites (tertiary alicyclic amines) is 1. The molecule has 0 radical (unpaired) electrons. The number of amides is 2. The Bertz CT molecular complexity index is 2110. The fraction of sp³-hybridized carbons (Fsp3) is 0.366. The summed E-state index contributed by atoms with van der Waals surface area (Å²) in [6, 6.07) is 14.5. The lowest BCUT2D eigenvalue weighted by molar-refractivity contribution is -0.131. The molecule has 0 aliphatic carbocycles. The van der Waals surface area contributed by atoms with Crippen molar-refractivity contribution in [1.82, 2.24) is 39.7 Å². The van der Waals surface area contributed by atoms with Crippen LogP contribution in [0.15, 0.2) is 67.1 Å². The van der Waals surface area contributed by atoms with Crippen LogP contribution in [-0.4, -0.2) is 118 Å². The van der Waals surface area contributed by atoms with Crippen molar-refractivity contribution in [3.8, 4) is 41.4 Å². The van der Waals surface area contributed by atoms with E-state index in [0.29, 0.717) is 62.9 Å². The molecule has 2 aliphatic rings. The summed E-state index contributed by atoms with van der Waals surface area (Å²) in [6.07, 6.45) is 16.0. The molecule has 5 heterocycles. The van der Waals surface area contributed by atoms with E-state index < -0.39 is 0 Å². The Morgan fingerprint density at radius 3 is 2.57 bits per heavy atom. The lowest BCUT2D eigenvalue weighted by Gasteiger charge is -2.28. The summed E-state index contributed by atoms with van der Waals surface area (Å²) in [5.41, 5.74) is 5.54. The maximum absolute atomic E-state index is 14.8. The van der Waals surface area contributed by atoms with Crippen molar-refractivity contribution in [2.75, 3.05) is 58.9 Å². The third kappa shape index (κ3) is 10.6. The fourth-order valence-corrected chi connectivity index (χ4v) is 6.41. The van der Waals surface area contributed by atoms with Gasteiger partial charge in [-0.25, -0.2) is 14.4 Å². The maximum Gasteiger partial charge on any atom is 0.237 e. The van der Waals surface area contributed by atoms with Crippen molar-refractivity contribution in [2.45, 2.75) is 45.4 Å². The molecule has 0 bridgehead atoms. The molecule has 2 aliphatic heterocycles. The second kappa shape index (κ2) is 20.1. The van der Waals surface area contributed by atoms with Gasteiger partial charge < -0.3 is 24.4 Å². The van der Waals surface area contributed by atoms with Gasteiger partial charge in [-0.2, -0.15) is 10.2 Å². The number of carbonyl (C=O) groups excluding carboxylic acids is 2.